The van der Waals surface area contributed by atoms with Crippen LogP contribution in [0.1, 0.15) is 20.8 Å². The smallest absolute Gasteiger partial charge is 0.0631 e. The van der Waals surface area contributed by atoms with E-state index in [0.29, 0.717) is 5.67 Å². The van der Waals surface area contributed by atoms with Gasteiger partial charge in [-0.05, 0) is 19.5 Å². The topological polar surface area (TPSA) is 12.0 Å². The predicted octanol–water partition coefficient (Wildman–Crippen LogP) is 1.50. The Morgan fingerprint density at radius 2 is 1.77 bits per heavy atom. The molecular weight excluding hydrogens is 190 g/mol. The van der Waals surface area contributed by atoms with Crippen molar-refractivity contribution in [2.75, 3.05) is 6.54 Å². The van der Waals surface area contributed by atoms with Crippen molar-refractivity contribution in [3.8, 4) is 0 Å². The molecule has 0 aromatic heterocycles. The SMILES string of the molecule is CC([SiH3])=C(C)CNC(C)[Si](C)(C)C. The van der Waals surface area contributed by atoms with E-state index in [0.717, 1.165) is 6.54 Å². The molecule has 0 aliphatic heterocycles. The summed E-state index contributed by atoms with van der Waals surface area (Å²) in [5, 5.41) is 5.21. The molecule has 1 unspecified atom stereocenters. The minimum atomic E-state index is -0.985. The zero-order valence-corrected chi connectivity index (χ0v) is 13.3. The Morgan fingerprint density at radius 3 is 2.08 bits per heavy atom. The van der Waals surface area contributed by atoms with Gasteiger partial charge >= 0.3 is 0 Å². The molecule has 3 heteroatoms. The molecule has 0 aliphatic rings. The van der Waals surface area contributed by atoms with Crippen LogP contribution in [0.4, 0.5) is 0 Å². The van der Waals surface area contributed by atoms with E-state index in [-0.39, 0.29) is 0 Å². The highest BCUT2D eigenvalue weighted by molar-refractivity contribution is 6.77. The Hall–Kier alpha value is 0.134. The maximum atomic E-state index is 3.63. The van der Waals surface area contributed by atoms with Crippen LogP contribution in [0.25, 0.3) is 0 Å². The van der Waals surface area contributed by atoms with Crippen molar-refractivity contribution in [3.05, 3.63) is 10.8 Å². The summed E-state index contributed by atoms with van der Waals surface area (Å²) in [6.45, 7) is 15.1. The molecule has 0 aromatic carbocycles. The molecule has 0 saturated carbocycles. The van der Waals surface area contributed by atoms with Crippen LogP contribution < -0.4 is 5.32 Å². The first-order valence-corrected chi connectivity index (χ1v) is 9.69. The number of hydrogen-bond acceptors (Lipinski definition) is 1. The molecule has 0 fully saturated rings. The Labute approximate surface area is 87.4 Å². The Balaban J connectivity index is 3.98. The third-order valence-corrected chi connectivity index (χ3v) is 6.48. The highest BCUT2D eigenvalue weighted by atomic mass is 28.3. The van der Waals surface area contributed by atoms with Crippen LogP contribution in [-0.4, -0.2) is 30.5 Å². The standard InChI is InChI=1S/C10H25NSi2/c1-8(9(2)12)7-11-10(3)13(4,5)6/h10-11H,7H2,1-6,12H3. The van der Waals surface area contributed by atoms with Gasteiger partial charge in [-0.3, -0.25) is 0 Å². The van der Waals surface area contributed by atoms with Crippen LogP contribution in [0.5, 0.6) is 0 Å². The van der Waals surface area contributed by atoms with E-state index in [2.05, 4.69) is 45.7 Å². The second-order valence-electron chi connectivity index (χ2n) is 5.25. The maximum Gasteiger partial charge on any atom is 0.0631 e. The molecule has 0 rings (SSSR count). The molecule has 1 N–H and O–H groups in total. The van der Waals surface area contributed by atoms with Crippen molar-refractivity contribution in [3.63, 3.8) is 0 Å². The van der Waals surface area contributed by atoms with Crippen molar-refractivity contribution in [2.45, 2.75) is 46.1 Å². The maximum absolute atomic E-state index is 3.63. The van der Waals surface area contributed by atoms with Crippen LogP contribution in [0.2, 0.25) is 19.6 Å². The number of nitrogens with one attached hydrogen (secondary N) is 1. The average Bonchev–Trinajstić information content (AvgIpc) is 1.97. The van der Waals surface area contributed by atoms with Crippen molar-refractivity contribution in [1.82, 2.24) is 5.32 Å². The summed E-state index contributed by atoms with van der Waals surface area (Å²) < 4.78 is 0. The van der Waals surface area contributed by atoms with Crippen LogP contribution in [0.3, 0.4) is 0 Å². The third kappa shape index (κ3) is 5.44. The van der Waals surface area contributed by atoms with Gasteiger partial charge in [0.15, 0.2) is 0 Å². The van der Waals surface area contributed by atoms with E-state index in [9.17, 15) is 0 Å². The number of allylic oxidation sites excluding steroid dienone is 1. The molecule has 0 saturated heterocycles. The fraction of sp³-hybridized carbons (Fsp3) is 0.800. The van der Waals surface area contributed by atoms with E-state index in [1.165, 1.54) is 15.8 Å². The summed E-state index contributed by atoms with van der Waals surface area (Å²) in [6.07, 6.45) is 0. The molecule has 0 aliphatic carbocycles. The van der Waals surface area contributed by atoms with Crippen LogP contribution in [0, 0.1) is 0 Å². The van der Waals surface area contributed by atoms with E-state index >= 15 is 0 Å². The fourth-order valence-corrected chi connectivity index (χ4v) is 1.68. The molecule has 0 amide bonds. The summed E-state index contributed by atoms with van der Waals surface area (Å²) in [4.78, 5) is 0. The van der Waals surface area contributed by atoms with E-state index in [1.54, 1.807) is 5.20 Å². The van der Waals surface area contributed by atoms with Gasteiger partial charge in [-0.2, -0.15) is 0 Å². The summed E-state index contributed by atoms with van der Waals surface area (Å²) in [5.41, 5.74) is 2.25. The summed E-state index contributed by atoms with van der Waals surface area (Å²) in [5.74, 6) is 0. The quantitative estimate of drug-likeness (QED) is 0.701. The van der Waals surface area contributed by atoms with Crippen molar-refractivity contribution < 1.29 is 0 Å². The Kier molecular flexibility index (Phi) is 5.18. The van der Waals surface area contributed by atoms with Crippen LogP contribution >= 0.6 is 0 Å². The van der Waals surface area contributed by atoms with Crippen molar-refractivity contribution in [2.24, 2.45) is 0 Å². The molecule has 0 spiro atoms. The first-order valence-electron chi connectivity index (χ1n) is 5.11. The number of rotatable bonds is 4. The highest BCUT2D eigenvalue weighted by Crippen LogP contribution is 2.07. The van der Waals surface area contributed by atoms with E-state index < -0.39 is 8.07 Å². The second-order valence-corrected chi connectivity index (χ2v) is 12.3. The minimum Gasteiger partial charge on any atom is -0.313 e. The number of hydrogen-bond donors (Lipinski definition) is 1. The Bertz CT molecular complexity index is 188. The molecule has 0 aromatic rings. The lowest BCUT2D eigenvalue weighted by molar-refractivity contribution is 0.698. The van der Waals surface area contributed by atoms with Gasteiger partial charge in [-0.1, -0.05) is 37.3 Å². The van der Waals surface area contributed by atoms with Gasteiger partial charge in [-0.25, -0.2) is 0 Å². The van der Waals surface area contributed by atoms with E-state index in [1.807, 2.05) is 0 Å². The molecule has 13 heavy (non-hydrogen) atoms. The Morgan fingerprint density at radius 1 is 1.31 bits per heavy atom. The monoisotopic (exact) mass is 215 g/mol. The summed E-state index contributed by atoms with van der Waals surface area (Å²) in [6, 6.07) is 0. The van der Waals surface area contributed by atoms with Crippen LogP contribution in [0.15, 0.2) is 10.8 Å². The molecule has 1 atom stereocenters. The zero-order valence-electron chi connectivity index (χ0n) is 10.3. The highest BCUT2D eigenvalue weighted by Gasteiger charge is 2.21. The molecule has 1 nitrogen and oxygen atoms in total. The largest absolute Gasteiger partial charge is 0.313 e. The van der Waals surface area contributed by atoms with Gasteiger partial charge < -0.3 is 5.32 Å². The third-order valence-electron chi connectivity index (χ3n) is 2.83. The molecule has 78 valence electrons. The van der Waals surface area contributed by atoms with Gasteiger partial charge in [0.2, 0.25) is 0 Å². The van der Waals surface area contributed by atoms with Gasteiger partial charge in [0.05, 0.1) is 8.07 Å². The lowest BCUT2D eigenvalue weighted by atomic mass is 10.3. The average molecular weight is 215 g/mol. The van der Waals surface area contributed by atoms with Crippen LogP contribution in [-0.2, 0) is 0 Å². The molecule has 0 radical (unpaired) electrons. The predicted molar refractivity (Wildman–Crippen MR) is 69.1 cm³/mol. The van der Waals surface area contributed by atoms with Crippen molar-refractivity contribution >= 4 is 18.3 Å². The zero-order chi connectivity index (χ0) is 10.6. The van der Waals surface area contributed by atoms with Gasteiger partial charge in [0.1, 0.15) is 0 Å². The first-order chi connectivity index (χ1) is 5.75. The molecular formula is C10H25NSi2. The van der Waals surface area contributed by atoms with E-state index in [4.69, 9.17) is 0 Å². The summed E-state index contributed by atoms with van der Waals surface area (Å²) >= 11 is 0. The normalized spacial score (nSPS) is 17.1. The summed E-state index contributed by atoms with van der Waals surface area (Å²) in [7, 11) is 0.218. The van der Waals surface area contributed by atoms with Crippen molar-refractivity contribution in [1.29, 1.82) is 0 Å². The lowest BCUT2D eigenvalue weighted by Crippen LogP contribution is -2.47. The first kappa shape index (κ1) is 13.1. The molecule has 0 bridgehead atoms. The van der Waals surface area contributed by atoms with Gasteiger partial charge in [0, 0.05) is 16.8 Å². The lowest BCUT2D eigenvalue weighted by Gasteiger charge is -2.26. The molecule has 0 heterocycles. The second kappa shape index (κ2) is 5.12. The minimum absolute atomic E-state index is 0.712. The fourth-order valence-electron chi connectivity index (χ4n) is 0.789. The van der Waals surface area contributed by atoms with Gasteiger partial charge in [-0.15, -0.1) is 0 Å². The van der Waals surface area contributed by atoms with Gasteiger partial charge in [0.25, 0.3) is 0 Å².